The van der Waals surface area contributed by atoms with Gasteiger partial charge in [0.15, 0.2) is 12.4 Å². The maximum Gasteiger partial charge on any atom is 0.291 e. The maximum atomic E-state index is 12.4. The predicted molar refractivity (Wildman–Crippen MR) is 102 cm³/mol. The second-order valence-corrected chi connectivity index (χ2v) is 6.63. The van der Waals surface area contributed by atoms with Crippen molar-refractivity contribution in [1.29, 1.82) is 0 Å². The summed E-state index contributed by atoms with van der Waals surface area (Å²) in [6, 6.07) is 10.2. The third-order valence-corrected chi connectivity index (χ3v) is 4.66. The first-order valence-electron chi connectivity index (χ1n) is 9.16. The second kappa shape index (κ2) is 9.23. The summed E-state index contributed by atoms with van der Waals surface area (Å²) >= 11 is 0. The first-order chi connectivity index (χ1) is 13.2. The molecule has 1 saturated heterocycles. The maximum absolute atomic E-state index is 12.4. The van der Waals surface area contributed by atoms with E-state index in [4.69, 9.17) is 9.15 Å². The normalized spacial score (nSPS) is 14.8. The summed E-state index contributed by atoms with van der Waals surface area (Å²) in [6.45, 7) is 2.53. The molecule has 7 nitrogen and oxygen atoms in total. The molecule has 1 aliphatic rings. The van der Waals surface area contributed by atoms with Gasteiger partial charge in [0.2, 0.25) is 0 Å². The van der Waals surface area contributed by atoms with Crippen molar-refractivity contribution in [2.45, 2.75) is 12.8 Å². The van der Waals surface area contributed by atoms with Gasteiger partial charge in [0.1, 0.15) is 5.75 Å². The van der Waals surface area contributed by atoms with Crippen LogP contribution in [0.25, 0.3) is 0 Å². The lowest BCUT2D eigenvalue weighted by atomic mass is 9.97. The van der Waals surface area contributed by atoms with E-state index in [1.807, 2.05) is 11.9 Å². The molecule has 0 spiro atoms. The lowest BCUT2D eigenvalue weighted by molar-refractivity contribution is -0.134. The molecule has 0 radical (unpaired) electrons. The summed E-state index contributed by atoms with van der Waals surface area (Å²) in [6.07, 6.45) is 3.48. The molecule has 3 rings (SSSR count). The number of benzene rings is 1. The summed E-state index contributed by atoms with van der Waals surface area (Å²) in [5.74, 6) is 1.05. The smallest absolute Gasteiger partial charge is 0.291 e. The quantitative estimate of drug-likeness (QED) is 0.781. The average Bonchev–Trinajstić information content (AvgIpc) is 3.22. The molecule has 1 fully saturated rings. The molecule has 0 aliphatic carbocycles. The standard InChI is InChI=1S/C20H25N3O4/c1-21-13-15-7-9-23(10-8-15)19(24)14-27-17-5-2-4-16(12-17)22-20(25)18-6-3-11-26-18/h2-6,11-12,15,21H,7-10,13-14H2,1H3,(H,22,25). The van der Waals surface area contributed by atoms with Gasteiger partial charge in [-0.3, -0.25) is 9.59 Å². The van der Waals surface area contributed by atoms with Gasteiger partial charge in [0.25, 0.3) is 11.8 Å². The number of amides is 2. The Morgan fingerprint density at radius 1 is 1.22 bits per heavy atom. The number of anilines is 1. The van der Waals surface area contributed by atoms with Crippen molar-refractivity contribution in [3.63, 3.8) is 0 Å². The Kier molecular flexibility index (Phi) is 6.49. The highest BCUT2D eigenvalue weighted by atomic mass is 16.5. The second-order valence-electron chi connectivity index (χ2n) is 6.63. The molecule has 2 heterocycles. The van der Waals surface area contributed by atoms with E-state index in [-0.39, 0.29) is 24.2 Å². The predicted octanol–water partition coefficient (Wildman–Crippen LogP) is 2.37. The van der Waals surface area contributed by atoms with Gasteiger partial charge in [0.05, 0.1) is 6.26 Å². The average molecular weight is 371 g/mol. The van der Waals surface area contributed by atoms with Crippen LogP contribution in [0.4, 0.5) is 5.69 Å². The van der Waals surface area contributed by atoms with Gasteiger partial charge in [-0.25, -0.2) is 0 Å². The van der Waals surface area contributed by atoms with Crippen LogP contribution < -0.4 is 15.4 Å². The molecule has 0 atom stereocenters. The van der Waals surface area contributed by atoms with Crippen LogP contribution in [0.3, 0.4) is 0 Å². The number of furan rings is 1. The Balaban J connectivity index is 1.48. The molecular formula is C20H25N3O4. The van der Waals surface area contributed by atoms with Gasteiger partial charge >= 0.3 is 0 Å². The van der Waals surface area contributed by atoms with E-state index in [1.54, 1.807) is 36.4 Å². The van der Waals surface area contributed by atoms with E-state index in [1.165, 1.54) is 6.26 Å². The molecule has 1 aromatic heterocycles. The van der Waals surface area contributed by atoms with Crippen molar-refractivity contribution < 1.29 is 18.7 Å². The monoisotopic (exact) mass is 371 g/mol. The van der Waals surface area contributed by atoms with Crippen molar-refractivity contribution >= 4 is 17.5 Å². The number of carbonyl (C=O) groups is 2. The van der Waals surface area contributed by atoms with E-state index in [0.717, 1.165) is 32.5 Å². The number of rotatable bonds is 7. The van der Waals surface area contributed by atoms with E-state index in [9.17, 15) is 9.59 Å². The molecule has 2 N–H and O–H groups in total. The SMILES string of the molecule is CNCC1CCN(C(=O)COc2cccc(NC(=O)c3ccco3)c2)CC1. The summed E-state index contributed by atoms with van der Waals surface area (Å²) < 4.78 is 10.7. The highest BCUT2D eigenvalue weighted by molar-refractivity contribution is 6.02. The van der Waals surface area contributed by atoms with Crippen LogP contribution in [0.15, 0.2) is 47.1 Å². The molecule has 7 heteroatoms. The van der Waals surface area contributed by atoms with Gasteiger partial charge in [0, 0.05) is 24.8 Å². The summed E-state index contributed by atoms with van der Waals surface area (Å²) in [5, 5.41) is 5.93. The summed E-state index contributed by atoms with van der Waals surface area (Å²) in [5.41, 5.74) is 0.578. The van der Waals surface area contributed by atoms with Crippen molar-refractivity contribution in [3.05, 3.63) is 48.4 Å². The van der Waals surface area contributed by atoms with Gasteiger partial charge in [-0.05, 0) is 56.6 Å². The van der Waals surface area contributed by atoms with Crippen LogP contribution in [0.5, 0.6) is 5.75 Å². The molecule has 144 valence electrons. The Hall–Kier alpha value is -2.80. The summed E-state index contributed by atoms with van der Waals surface area (Å²) in [7, 11) is 1.95. The topological polar surface area (TPSA) is 83.8 Å². The van der Waals surface area contributed by atoms with Crippen LogP contribution in [0.2, 0.25) is 0 Å². The highest BCUT2D eigenvalue weighted by Crippen LogP contribution is 2.20. The zero-order valence-corrected chi connectivity index (χ0v) is 15.4. The van der Waals surface area contributed by atoms with E-state index < -0.39 is 0 Å². The van der Waals surface area contributed by atoms with Crippen LogP contribution in [0.1, 0.15) is 23.4 Å². The number of nitrogens with one attached hydrogen (secondary N) is 2. The Morgan fingerprint density at radius 2 is 2.04 bits per heavy atom. The van der Waals surface area contributed by atoms with E-state index in [0.29, 0.717) is 17.4 Å². The molecule has 0 saturated carbocycles. The molecule has 2 aromatic rings. The van der Waals surface area contributed by atoms with Gasteiger partial charge in [-0.1, -0.05) is 6.07 Å². The number of hydrogen-bond donors (Lipinski definition) is 2. The minimum Gasteiger partial charge on any atom is -0.484 e. The number of piperidine rings is 1. The number of ether oxygens (including phenoxy) is 1. The van der Waals surface area contributed by atoms with Crippen molar-refractivity contribution in [3.8, 4) is 5.75 Å². The Morgan fingerprint density at radius 3 is 2.74 bits per heavy atom. The third-order valence-electron chi connectivity index (χ3n) is 4.66. The third kappa shape index (κ3) is 5.34. The molecule has 2 amide bonds. The number of nitrogens with zero attached hydrogens (tertiary/aromatic N) is 1. The zero-order valence-electron chi connectivity index (χ0n) is 15.4. The van der Waals surface area contributed by atoms with Crippen LogP contribution in [-0.2, 0) is 4.79 Å². The number of carbonyl (C=O) groups excluding carboxylic acids is 2. The molecular weight excluding hydrogens is 346 g/mol. The van der Waals surface area contributed by atoms with Gasteiger partial charge < -0.3 is 24.7 Å². The van der Waals surface area contributed by atoms with Crippen molar-refractivity contribution in [2.24, 2.45) is 5.92 Å². The molecule has 27 heavy (non-hydrogen) atoms. The van der Waals surface area contributed by atoms with Crippen molar-refractivity contribution in [2.75, 3.05) is 38.6 Å². The van der Waals surface area contributed by atoms with Gasteiger partial charge in [-0.15, -0.1) is 0 Å². The van der Waals surface area contributed by atoms with Gasteiger partial charge in [-0.2, -0.15) is 0 Å². The molecule has 1 aliphatic heterocycles. The van der Waals surface area contributed by atoms with Crippen molar-refractivity contribution in [1.82, 2.24) is 10.2 Å². The first-order valence-corrected chi connectivity index (χ1v) is 9.16. The number of likely N-dealkylation sites (tertiary alicyclic amines) is 1. The Bertz CT molecular complexity index is 752. The van der Waals surface area contributed by atoms with Crippen LogP contribution >= 0.6 is 0 Å². The highest BCUT2D eigenvalue weighted by Gasteiger charge is 2.22. The lowest BCUT2D eigenvalue weighted by Gasteiger charge is -2.31. The Labute approximate surface area is 158 Å². The minimum absolute atomic E-state index is 0.00766. The zero-order chi connectivity index (χ0) is 19.1. The van der Waals surface area contributed by atoms with E-state index >= 15 is 0 Å². The molecule has 0 unspecified atom stereocenters. The first kappa shape index (κ1) is 19.0. The van der Waals surface area contributed by atoms with E-state index in [2.05, 4.69) is 10.6 Å². The minimum atomic E-state index is -0.335. The van der Waals surface area contributed by atoms with Crippen LogP contribution in [0, 0.1) is 5.92 Å². The van der Waals surface area contributed by atoms with Crippen LogP contribution in [-0.4, -0.2) is 50.0 Å². The lowest BCUT2D eigenvalue weighted by Crippen LogP contribution is -2.42. The molecule has 1 aromatic carbocycles. The molecule has 0 bridgehead atoms. The fraction of sp³-hybridized carbons (Fsp3) is 0.400. The fourth-order valence-electron chi connectivity index (χ4n) is 3.18. The summed E-state index contributed by atoms with van der Waals surface area (Å²) in [4.78, 5) is 26.2. The largest absolute Gasteiger partial charge is 0.484 e. The fourth-order valence-corrected chi connectivity index (χ4v) is 3.18. The number of hydrogen-bond acceptors (Lipinski definition) is 5.